The van der Waals surface area contributed by atoms with E-state index in [1.165, 1.54) is 13.8 Å². The molecule has 6 aromatic heterocycles. The Kier molecular flexibility index (Phi) is 12.9. The van der Waals surface area contributed by atoms with Gasteiger partial charge < -0.3 is 9.31 Å². The van der Waals surface area contributed by atoms with Crippen LogP contribution < -0.4 is 5.46 Å². The maximum atomic E-state index is 11.6. The van der Waals surface area contributed by atoms with Crippen LogP contribution in [0.4, 0.5) is 0 Å². The van der Waals surface area contributed by atoms with Gasteiger partial charge in [-0.1, -0.05) is 47.5 Å². The van der Waals surface area contributed by atoms with Crippen molar-refractivity contribution >= 4 is 85.1 Å². The standard InChI is InChI=1S/C20H15ClN4O.C19H21BClN3O2.C7H6BrNO/c1-12-5-3-8-20(23-12)25-19-10-14(9-16(21)15(19)11-22-25)18-7-4-6-17(24-18)13(2)26;1-12-7-6-8-17(23-12)24-16-10-13(9-15(21)14(16)11-22-24)20-25-18(2,3)19(4,5)26-20;1-5(10)6-3-2-4-7(8)9-6/h3-11H,1-2H3;6-11H,1-5H3;2-4H,1H3. The van der Waals surface area contributed by atoms with Crippen LogP contribution in [0, 0.1) is 13.8 Å². The highest BCUT2D eigenvalue weighted by Gasteiger charge is 2.51. The maximum absolute atomic E-state index is 11.6. The lowest BCUT2D eigenvalue weighted by Gasteiger charge is -2.32. The molecular formula is C46H42BBrCl2N8O4. The van der Waals surface area contributed by atoms with E-state index in [-0.39, 0.29) is 11.6 Å². The Bertz CT molecular complexity index is 2970. The molecule has 0 radical (unpaired) electrons. The quantitative estimate of drug-likeness (QED) is 0.0899. The minimum absolute atomic E-state index is 0.0127. The lowest BCUT2D eigenvalue weighted by molar-refractivity contribution is 0.00578. The van der Waals surface area contributed by atoms with Crippen LogP contribution in [0.1, 0.15) is 73.9 Å². The number of aromatic nitrogens is 8. The Morgan fingerprint density at radius 2 is 1.11 bits per heavy atom. The maximum Gasteiger partial charge on any atom is 0.494 e. The number of hydrogen-bond acceptors (Lipinski definition) is 10. The zero-order valence-corrected chi connectivity index (χ0v) is 38.4. The van der Waals surface area contributed by atoms with Crippen LogP contribution in [0.5, 0.6) is 0 Å². The summed E-state index contributed by atoms with van der Waals surface area (Å²) in [6.45, 7) is 15.0. The first-order valence-corrected chi connectivity index (χ1v) is 21.2. The van der Waals surface area contributed by atoms with Crippen LogP contribution in [0.25, 0.3) is 44.7 Å². The Balaban J connectivity index is 0.000000153. The predicted octanol–water partition coefficient (Wildman–Crippen LogP) is 10.4. The minimum Gasteiger partial charge on any atom is -0.399 e. The van der Waals surface area contributed by atoms with Crippen molar-refractivity contribution < 1.29 is 18.9 Å². The van der Waals surface area contributed by atoms with Crippen LogP contribution in [-0.4, -0.2) is 69.4 Å². The molecule has 1 aliphatic heterocycles. The van der Waals surface area contributed by atoms with E-state index < -0.39 is 18.3 Å². The van der Waals surface area contributed by atoms with Gasteiger partial charge in [-0.25, -0.2) is 29.3 Å². The Hall–Kier alpha value is -5.64. The van der Waals surface area contributed by atoms with Gasteiger partial charge in [0.2, 0.25) is 0 Å². The first-order chi connectivity index (χ1) is 29.4. The summed E-state index contributed by atoms with van der Waals surface area (Å²) in [5.74, 6) is 1.38. The van der Waals surface area contributed by atoms with E-state index in [2.05, 4.69) is 46.1 Å². The van der Waals surface area contributed by atoms with Gasteiger partial charge in [0, 0.05) is 41.6 Å². The summed E-state index contributed by atoms with van der Waals surface area (Å²) in [5, 5.41) is 11.8. The lowest BCUT2D eigenvalue weighted by atomic mass is 9.79. The number of benzene rings is 2. The van der Waals surface area contributed by atoms with Gasteiger partial charge in [0.15, 0.2) is 23.2 Å². The summed E-state index contributed by atoms with van der Waals surface area (Å²) < 4.78 is 16.6. The van der Waals surface area contributed by atoms with E-state index in [4.69, 9.17) is 32.5 Å². The largest absolute Gasteiger partial charge is 0.494 e. The number of aryl methyl sites for hydroxylation is 2. The van der Waals surface area contributed by atoms with E-state index in [0.717, 1.165) is 55.9 Å². The number of halogens is 3. The number of fused-ring (bicyclic) bond motifs is 2. The molecule has 1 aliphatic rings. The van der Waals surface area contributed by atoms with Crippen LogP contribution in [0.15, 0.2) is 114 Å². The fourth-order valence-corrected chi connectivity index (χ4v) is 7.38. The molecule has 0 saturated carbocycles. The van der Waals surface area contributed by atoms with Crippen molar-refractivity contribution in [3.8, 4) is 22.9 Å². The van der Waals surface area contributed by atoms with Crippen LogP contribution in [0.3, 0.4) is 0 Å². The molecule has 12 nitrogen and oxygen atoms in total. The fraction of sp³-hybridized carbons (Fsp3) is 0.217. The highest BCUT2D eigenvalue weighted by atomic mass is 79.9. The molecule has 0 unspecified atom stereocenters. The molecule has 0 aliphatic carbocycles. The first kappa shape index (κ1) is 44.4. The second-order valence-corrected chi connectivity index (χ2v) is 17.3. The zero-order valence-electron chi connectivity index (χ0n) is 35.3. The number of hydrogen-bond donors (Lipinski definition) is 0. The van der Waals surface area contributed by atoms with E-state index >= 15 is 0 Å². The van der Waals surface area contributed by atoms with Gasteiger partial charge in [-0.3, -0.25) is 9.59 Å². The number of ketones is 2. The van der Waals surface area contributed by atoms with Crippen molar-refractivity contribution in [1.82, 2.24) is 39.5 Å². The van der Waals surface area contributed by atoms with Crippen LogP contribution >= 0.6 is 39.1 Å². The normalized spacial score (nSPS) is 14.0. The Morgan fingerprint density at radius 1 is 0.629 bits per heavy atom. The molecular weight excluding hydrogens is 890 g/mol. The second kappa shape index (κ2) is 18.0. The first-order valence-electron chi connectivity index (χ1n) is 19.6. The molecule has 0 bridgehead atoms. The zero-order chi connectivity index (χ0) is 44.5. The van der Waals surface area contributed by atoms with Gasteiger partial charge in [-0.2, -0.15) is 10.2 Å². The number of carbonyl (C=O) groups is 2. The summed E-state index contributed by atoms with van der Waals surface area (Å²) in [6, 6.07) is 30.0. The molecule has 8 aromatic rings. The van der Waals surface area contributed by atoms with E-state index in [0.29, 0.717) is 31.7 Å². The molecule has 1 fully saturated rings. The molecule has 7 heterocycles. The summed E-state index contributed by atoms with van der Waals surface area (Å²) >= 11 is 16.2. The summed E-state index contributed by atoms with van der Waals surface area (Å²) in [7, 11) is -0.476. The number of pyridine rings is 4. The molecule has 0 amide bonds. The Labute approximate surface area is 377 Å². The topological polar surface area (TPSA) is 140 Å². The van der Waals surface area contributed by atoms with Crippen molar-refractivity contribution in [3.63, 3.8) is 0 Å². The molecule has 62 heavy (non-hydrogen) atoms. The molecule has 16 heteroatoms. The SMILES string of the molecule is CC(=O)c1cccc(-c2cc(Cl)c3cnn(-c4cccc(C)n4)c3c2)n1.CC(=O)c1cccc(Br)n1.Cc1cccc(-n2ncc3c(Cl)cc(B4OC(C)(C)C(C)(C)O4)cc32)n1. The van der Waals surface area contributed by atoms with Crippen LogP contribution in [0.2, 0.25) is 10.0 Å². The fourth-order valence-electron chi connectivity index (χ4n) is 6.51. The highest BCUT2D eigenvalue weighted by Crippen LogP contribution is 2.37. The number of rotatable bonds is 6. The second-order valence-electron chi connectivity index (χ2n) is 15.7. The third kappa shape index (κ3) is 9.54. The van der Waals surface area contributed by atoms with Gasteiger partial charge in [0.05, 0.1) is 50.4 Å². The predicted molar refractivity (Wildman–Crippen MR) is 248 cm³/mol. The van der Waals surface area contributed by atoms with Gasteiger partial charge in [-0.05, 0) is 136 Å². The molecule has 0 N–H and O–H groups in total. The lowest BCUT2D eigenvalue weighted by Crippen LogP contribution is -2.41. The summed E-state index contributed by atoms with van der Waals surface area (Å²) in [4.78, 5) is 39.8. The molecule has 2 aromatic carbocycles. The van der Waals surface area contributed by atoms with E-state index in [1.807, 2.05) is 114 Å². The highest BCUT2D eigenvalue weighted by molar-refractivity contribution is 9.10. The average molecular weight is 933 g/mol. The average Bonchev–Trinajstić information content (AvgIpc) is 3.92. The minimum atomic E-state index is -0.476. The number of Topliss-reactive ketones (excluding diaryl/α,β-unsaturated/α-hetero) is 2. The molecule has 9 rings (SSSR count). The smallest absolute Gasteiger partial charge is 0.399 e. The van der Waals surface area contributed by atoms with Crippen molar-refractivity contribution in [1.29, 1.82) is 0 Å². The van der Waals surface area contributed by atoms with Gasteiger partial charge in [0.1, 0.15) is 16.0 Å². The van der Waals surface area contributed by atoms with Crippen LogP contribution in [-0.2, 0) is 9.31 Å². The number of carbonyl (C=O) groups excluding carboxylic acids is 2. The summed E-state index contributed by atoms with van der Waals surface area (Å²) in [6.07, 6.45) is 3.49. The van der Waals surface area contributed by atoms with Crippen molar-refractivity contribution in [2.24, 2.45) is 0 Å². The molecule has 0 spiro atoms. The van der Waals surface area contributed by atoms with Gasteiger partial charge in [-0.15, -0.1) is 0 Å². The third-order valence-electron chi connectivity index (χ3n) is 10.5. The summed E-state index contributed by atoms with van der Waals surface area (Å²) in [5.41, 5.74) is 6.03. The third-order valence-corrected chi connectivity index (χ3v) is 11.6. The molecule has 1 saturated heterocycles. The molecule has 314 valence electrons. The van der Waals surface area contributed by atoms with E-state index in [9.17, 15) is 9.59 Å². The Morgan fingerprint density at radius 3 is 1.61 bits per heavy atom. The van der Waals surface area contributed by atoms with Crippen molar-refractivity contribution in [2.75, 3.05) is 0 Å². The van der Waals surface area contributed by atoms with Gasteiger partial charge in [0.25, 0.3) is 0 Å². The monoisotopic (exact) mass is 930 g/mol. The van der Waals surface area contributed by atoms with Gasteiger partial charge >= 0.3 is 7.12 Å². The van der Waals surface area contributed by atoms with E-state index in [1.54, 1.807) is 46.0 Å². The van der Waals surface area contributed by atoms with Crippen molar-refractivity contribution in [2.45, 2.75) is 66.6 Å². The van der Waals surface area contributed by atoms with Crippen molar-refractivity contribution in [3.05, 3.63) is 147 Å². The molecule has 0 atom stereocenters. The number of nitrogens with zero attached hydrogens (tertiary/aromatic N) is 8.